The van der Waals surface area contributed by atoms with E-state index in [2.05, 4.69) is 0 Å². The predicted molar refractivity (Wildman–Crippen MR) is 67.6 cm³/mol. The summed E-state index contributed by atoms with van der Waals surface area (Å²) in [4.78, 5) is 22.0. The van der Waals surface area contributed by atoms with Crippen molar-refractivity contribution in [3.63, 3.8) is 0 Å². The van der Waals surface area contributed by atoms with Gasteiger partial charge >= 0.3 is 0 Å². The predicted octanol–water partition coefficient (Wildman–Crippen LogP) is 2.25. The molecule has 0 aliphatic carbocycles. The first-order valence-electron chi connectivity index (χ1n) is 5.58. The first kappa shape index (κ1) is 12.9. The van der Waals surface area contributed by atoms with Gasteiger partial charge in [0.1, 0.15) is 5.82 Å². The van der Waals surface area contributed by atoms with Gasteiger partial charge in [-0.25, -0.2) is 4.39 Å². The zero-order valence-corrected chi connectivity index (χ0v) is 10.2. The van der Waals surface area contributed by atoms with E-state index in [1.807, 2.05) is 0 Å². The van der Waals surface area contributed by atoms with Crippen molar-refractivity contribution in [3.05, 3.63) is 73.9 Å². The lowest BCUT2D eigenvalue weighted by Crippen LogP contribution is -2.22. The number of hydrogen-bond acceptors (Lipinski definition) is 3. The molecule has 0 spiro atoms. The molecule has 1 aromatic heterocycles. The van der Waals surface area contributed by atoms with Gasteiger partial charge in [0.2, 0.25) is 0 Å². The highest BCUT2D eigenvalue weighted by molar-refractivity contribution is 5.35. The third-order valence-corrected chi connectivity index (χ3v) is 2.85. The van der Waals surface area contributed by atoms with Crippen LogP contribution < -0.4 is 5.56 Å². The van der Waals surface area contributed by atoms with E-state index in [4.69, 9.17) is 0 Å². The van der Waals surface area contributed by atoms with Crippen LogP contribution in [0.5, 0.6) is 0 Å². The molecule has 0 aliphatic rings. The maximum absolute atomic E-state index is 13.1. The minimum Gasteiger partial charge on any atom is -0.302 e. The molecule has 2 aromatic rings. The van der Waals surface area contributed by atoms with E-state index in [1.165, 1.54) is 35.8 Å². The summed E-state index contributed by atoms with van der Waals surface area (Å²) in [5, 5.41) is 10.8. The molecule has 5 nitrogen and oxygen atoms in total. The SMILES string of the molecule is Cc1c([N+](=O)[O-])ccc(=O)n1Cc1cccc(F)c1. The molecule has 19 heavy (non-hydrogen) atoms. The summed E-state index contributed by atoms with van der Waals surface area (Å²) < 4.78 is 14.3. The zero-order valence-electron chi connectivity index (χ0n) is 10.2. The van der Waals surface area contributed by atoms with Gasteiger partial charge in [-0.2, -0.15) is 0 Å². The van der Waals surface area contributed by atoms with Crippen molar-refractivity contribution >= 4 is 5.69 Å². The second-order valence-corrected chi connectivity index (χ2v) is 4.12. The fourth-order valence-corrected chi connectivity index (χ4v) is 1.87. The van der Waals surface area contributed by atoms with E-state index in [0.29, 0.717) is 5.56 Å². The Morgan fingerprint density at radius 2 is 2.05 bits per heavy atom. The molecule has 98 valence electrons. The van der Waals surface area contributed by atoms with Crippen LogP contribution in [0.15, 0.2) is 41.2 Å². The molecule has 2 rings (SSSR count). The summed E-state index contributed by atoms with van der Waals surface area (Å²) in [6.07, 6.45) is 0. The summed E-state index contributed by atoms with van der Waals surface area (Å²) in [6.45, 7) is 1.60. The van der Waals surface area contributed by atoms with Crippen LogP contribution in [-0.4, -0.2) is 9.49 Å². The van der Waals surface area contributed by atoms with E-state index >= 15 is 0 Å². The standard InChI is InChI=1S/C13H11FN2O3/c1-9-12(16(18)19)5-6-13(17)15(9)8-10-3-2-4-11(14)7-10/h2-7H,8H2,1H3. The normalized spacial score (nSPS) is 10.4. The second-order valence-electron chi connectivity index (χ2n) is 4.12. The van der Waals surface area contributed by atoms with Gasteiger partial charge in [-0.3, -0.25) is 14.9 Å². The third kappa shape index (κ3) is 2.67. The molecule has 0 radical (unpaired) electrons. The average Bonchev–Trinajstić information content (AvgIpc) is 2.34. The Kier molecular flexibility index (Phi) is 3.41. The van der Waals surface area contributed by atoms with Gasteiger partial charge in [-0.1, -0.05) is 12.1 Å². The zero-order chi connectivity index (χ0) is 14.0. The van der Waals surface area contributed by atoms with Gasteiger partial charge in [-0.05, 0) is 24.6 Å². The van der Waals surface area contributed by atoms with Gasteiger partial charge in [0.25, 0.3) is 11.2 Å². The summed E-state index contributed by atoms with van der Waals surface area (Å²) in [6, 6.07) is 8.11. The Labute approximate surface area is 108 Å². The number of nitrogens with zero attached hydrogens (tertiary/aromatic N) is 2. The van der Waals surface area contributed by atoms with Crippen molar-refractivity contribution in [1.82, 2.24) is 4.57 Å². The average molecular weight is 262 g/mol. The minimum atomic E-state index is -0.545. The topological polar surface area (TPSA) is 65.1 Å². The van der Waals surface area contributed by atoms with Crippen molar-refractivity contribution in [1.29, 1.82) is 0 Å². The number of rotatable bonds is 3. The van der Waals surface area contributed by atoms with Crippen LogP contribution in [0.2, 0.25) is 0 Å². The van der Waals surface area contributed by atoms with Crippen LogP contribution in [0.25, 0.3) is 0 Å². The van der Waals surface area contributed by atoms with E-state index < -0.39 is 10.7 Å². The molecule has 0 atom stereocenters. The van der Waals surface area contributed by atoms with Crippen LogP contribution in [0, 0.1) is 22.9 Å². The highest BCUT2D eigenvalue weighted by Crippen LogP contribution is 2.16. The van der Waals surface area contributed by atoms with Gasteiger partial charge in [0, 0.05) is 12.1 Å². The van der Waals surface area contributed by atoms with Crippen LogP contribution in [0.4, 0.5) is 10.1 Å². The van der Waals surface area contributed by atoms with Gasteiger partial charge in [-0.15, -0.1) is 0 Å². The fraction of sp³-hybridized carbons (Fsp3) is 0.154. The first-order valence-corrected chi connectivity index (χ1v) is 5.58. The number of pyridine rings is 1. The molecule has 6 heteroatoms. The van der Waals surface area contributed by atoms with Crippen LogP contribution in [-0.2, 0) is 6.54 Å². The quantitative estimate of drug-likeness (QED) is 0.629. The molecule has 0 saturated heterocycles. The highest BCUT2D eigenvalue weighted by atomic mass is 19.1. The molecule has 0 bridgehead atoms. The summed E-state index contributed by atoms with van der Waals surface area (Å²) in [7, 11) is 0. The van der Waals surface area contributed by atoms with Gasteiger partial charge in [0.05, 0.1) is 17.2 Å². The largest absolute Gasteiger partial charge is 0.302 e. The fourth-order valence-electron chi connectivity index (χ4n) is 1.87. The first-order chi connectivity index (χ1) is 8.99. The van der Waals surface area contributed by atoms with E-state index in [0.717, 1.165) is 6.07 Å². The van der Waals surface area contributed by atoms with Crippen molar-refractivity contribution < 1.29 is 9.31 Å². The summed E-state index contributed by atoms with van der Waals surface area (Å²) >= 11 is 0. The molecule has 0 fully saturated rings. The maximum atomic E-state index is 13.1. The maximum Gasteiger partial charge on any atom is 0.288 e. The molecular weight excluding hydrogens is 251 g/mol. The number of nitro groups is 1. The molecule has 1 aromatic carbocycles. The van der Waals surface area contributed by atoms with Crippen LogP contribution >= 0.6 is 0 Å². The van der Waals surface area contributed by atoms with Crippen LogP contribution in [0.1, 0.15) is 11.3 Å². The third-order valence-electron chi connectivity index (χ3n) is 2.85. The van der Waals surface area contributed by atoms with Crippen molar-refractivity contribution in [2.45, 2.75) is 13.5 Å². The van der Waals surface area contributed by atoms with Crippen molar-refractivity contribution in [3.8, 4) is 0 Å². The minimum absolute atomic E-state index is 0.101. The number of hydrogen-bond donors (Lipinski definition) is 0. The van der Waals surface area contributed by atoms with E-state index in [-0.39, 0.29) is 23.5 Å². The Morgan fingerprint density at radius 1 is 1.32 bits per heavy atom. The lowest BCUT2D eigenvalue weighted by molar-refractivity contribution is -0.386. The van der Waals surface area contributed by atoms with Crippen molar-refractivity contribution in [2.75, 3.05) is 0 Å². The molecule has 0 saturated carbocycles. The second kappa shape index (κ2) is 5.01. The number of benzene rings is 1. The Morgan fingerprint density at radius 3 is 2.68 bits per heavy atom. The Balaban J connectivity index is 2.48. The molecule has 1 heterocycles. The lowest BCUT2D eigenvalue weighted by Gasteiger charge is -2.09. The monoisotopic (exact) mass is 262 g/mol. The van der Waals surface area contributed by atoms with Gasteiger partial charge in [0.15, 0.2) is 0 Å². The van der Waals surface area contributed by atoms with E-state index in [9.17, 15) is 19.3 Å². The summed E-state index contributed by atoms with van der Waals surface area (Å²) in [5.74, 6) is -0.409. The number of aromatic nitrogens is 1. The van der Waals surface area contributed by atoms with Crippen LogP contribution in [0.3, 0.4) is 0 Å². The molecule has 0 aliphatic heterocycles. The molecule has 0 N–H and O–H groups in total. The van der Waals surface area contributed by atoms with E-state index in [1.54, 1.807) is 6.07 Å². The number of halogens is 1. The Bertz CT molecular complexity index is 695. The smallest absolute Gasteiger partial charge is 0.288 e. The molecule has 0 amide bonds. The molecule has 0 unspecified atom stereocenters. The Hall–Kier alpha value is -2.50. The molecular formula is C13H11FN2O3. The van der Waals surface area contributed by atoms with Gasteiger partial charge < -0.3 is 4.57 Å². The van der Waals surface area contributed by atoms with Crippen molar-refractivity contribution in [2.24, 2.45) is 0 Å². The lowest BCUT2D eigenvalue weighted by atomic mass is 10.2. The summed E-state index contributed by atoms with van der Waals surface area (Å²) in [5.41, 5.74) is 0.343. The highest BCUT2D eigenvalue weighted by Gasteiger charge is 2.15.